The van der Waals surface area contributed by atoms with Gasteiger partial charge >= 0.3 is 0 Å². The van der Waals surface area contributed by atoms with E-state index in [1.54, 1.807) is 0 Å². The Hall–Kier alpha value is -2.35. The van der Waals surface area contributed by atoms with E-state index >= 15 is 0 Å². The Morgan fingerprint density at radius 2 is 1.90 bits per heavy atom. The van der Waals surface area contributed by atoms with Crippen molar-refractivity contribution >= 4 is 16.7 Å². The van der Waals surface area contributed by atoms with Crippen LogP contribution in [0.1, 0.15) is 27.0 Å². The van der Waals surface area contributed by atoms with E-state index in [-0.39, 0.29) is 5.78 Å². The molecule has 0 saturated carbocycles. The van der Waals surface area contributed by atoms with Crippen molar-refractivity contribution in [3.8, 4) is 0 Å². The maximum Gasteiger partial charge on any atom is 0.169 e. The molecule has 1 heterocycles. The van der Waals surface area contributed by atoms with Crippen molar-refractivity contribution in [2.45, 2.75) is 20.3 Å². The monoisotopic (exact) mass is 263 g/mol. The number of Topliss-reactive ketones (excluding diaryl/α,β-unsaturated/α-hetero) is 1. The summed E-state index contributed by atoms with van der Waals surface area (Å²) in [6, 6.07) is 14.2. The Kier molecular flexibility index (Phi) is 3.15. The van der Waals surface area contributed by atoms with Crippen LogP contribution in [0.25, 0.3) is 10.9 Å². The molecule has 0 aliphatic carbocycles. The Morgan fingerprint density at radius 1 is 1.10 bits per heavy atom. The molecule has 20 heavy (non-hydrogen) atoms. The number of aromatic nitrogens is 1. The summed E-state index contributed by atoms with van der Waals surface area (Å²) in [5.74, 6) is 0.163. The molecule has 2 heteroatoms. The molecule has 100 valence electrons. The SMILES string of the molecule is Cc1ccc2[nH]cc(C(=O)Cc3ccccc3C)c2c1. The van der Waals surface area contributed by atoms with E-state index in [1.807, 2.05) is 50.4 Å². The zero-order valence-corrected chi connectivity index (χ0v) is 11.7. The summed E-state index contributed by atoms with van der Waals surface area (Å²) in [4.78, 5) is 15.7. The quantitative estimate of drug-likeness (QED) is 0.705. The summed E-state index contributed by atoms with van der Waals surface area (Å²) in [5.41, 5.74) is 5.23. The smallest absolute Gasteiger partial charge is 0.169 e. The molecular formula is C18H17NO. The number of carbonyl (C=O) groups excluding carboxylic acids is 1. The fraction of sp³-hybridized carbons (Fsp3) is 0.167. The van der Waals surface area contributed by atoms with Gasteiger partial charge in [-0.2, -0.15) is 0 Å². The predicted octanol–water partition coefficient (Wildman–Crippen LogP) is 4.21. The minimum Gasteiger partial charge on any atom is -0.360 e. The average molecular weight is 263 g/mol. The first-order valence-corrected chi connectivity index (χ1v) is 6.80. The van der Waals surface area contributed by atoms with Crippen LogP contribution in [0.5, 0.6) is 0 Å². The van der Waals surface area contributed by atoms with Crippen LogP contribution in [0.3, 0.4) is 0 Å². The van der Waals surface area contributed by atoms with Crippen LogP contribution in [-0.4, -0.2) is 10.8 Å². The van der Waals surface area contributed by atoms with Gasteiger partial charge < -0.3 is 4.98 Å². The molecule has 1 aromatic heterocycles. The topological polar surface area (TPSA) is 32.9 Å². The zero-order chi connectivity index (χ0) is 14.1. The van der Waals surface area contributed by atoms with E-state index in [1.165, 1.54) is 5.56 Å². The summed E-state index contributed by atoms with van der Waals surface area (Å²) in [7, 11) is 0. The number of ketones is 1. The molecule has 0 amide bonds. The number of rotatable bonds is 3. The molecule has 0 fully saturated rings. The van der Waals surface area contributed by atoms with Crippen molar-refractivity contribution in [2.24, 2.45) is 0 Å². The fourth-order valence-corrected chi connectivity index (χ4v) is 2.54. The van der Waals surface area contributed by atoms with Gasteiger partial charge in [-0.05, 0) is 37.1 Å². The third-order valence-corrected chi connectivity index (χ3v) is 3.75. The van der Waals surface area contributed by atoms with Gasteiger partial charge in [0.15, 0.2) is 5.78 Å². The molecular weight excluding hydrogens is 246 g/mol. The van der Waals surface area contributed by atoms with Crippen LogP contribution < -0.4 is 0 Å². The third kappa shape index (κ3) is 2.25. The van der Waals surface area contributed by atoms with Crippen LogP contribution in [0.15, 0.2) is 48.7 Å². The molecule has 0 radical (unpaired) electrons. The van der Waals surface area contributed by atoms with E-state index in [2.05, 4.69) is 17.1 Å². The molecule has 0 aliphatic rings. The minimum atomic E-state index is 0.163. The first-order valence-electron chi connectivity index (χ1n) is 6.80. The lowest BCUT2D eigenvalue weighted by atomic mass is 9.99. The van der Waals surface area contributed by atoms with Gasteiger partial charge in [-0.1, -0.05) is 35.9 Å². The predicted molar refractivity (Wildman–Crippen MR) is 82.2 cm³/mol. The second kappa shape index (κ2) is 4.97. The highest BCUT2D eigenvalue weighted by atomic mass is 16.1. The van der Waals surface area contributed by atoms with Crippen molar-refractivity contribution in [3.05, 3.63) is 70.9 Å². The molecule has 0 unspecified atom stereocenters. The molecule has 3 rings (SSSR count). The Bertz CT molecular complexity index is 783. The van der Waals surface area contributed by atoms with Crippen LogP contribution in [-0.2, 0) is 6.42 Å². The second-order valence-corrected chi connectivity index (χ2v) is 5.28. The summed E-state index contributed by atoms with van der Waals surface area (Å²) in [6.07, 6.45) is 2.28. The normalized spacial score (nSPS) is 10.9. The van der Waals surface area contributed by atoms with Gasteiger partial charge in [0, 0.05) is 29.1 Å². The largest absolute Gasteiger partial charge is 0.360 e. The highest BCUT2D eigenvalue weighted by Crippen LogP contribution is 2.21. The van der Waals surface area contributed by atoms with Gasteiger partial charge in [-0.15, -0.1) is 0 Å². The Balaban J connectivity index is 1.97. The van der Waals surface area contributed by atoms with Gasteiger partial charge in [-0.25, -0.2) is 0 Å². The minimum absolute atomic E-state index is 0.163. The van der Waals surface area contributed by atoms with Crippen LogP contribution in [0, 0.1) is 13.8 Å². The Labute approximate surface area is 118 Å². The molecule has 0 saturated heterocycles. The summed E-state index contributed by atoms with van der Waals surface area (Å²) < 4.78 is 0. The fourth-order valence-electron chi connectivity index (χ4n) is 2.54. The standard InChI is InChI=1S/C18H17NO/c1-12-7-8-17-15(9-12)16(11-19-17)18(20)10-14-6-4-3-5-13(14)2/h3-9,11,19H,10H2,1-2H3. The van der Waals surface area contributed by atoms with E-state index in [0.29, 0.717) is 6.42 Å². The Morgan fingerprint density at radius 3 is 2.70 bits per heavy atom. The van der Waals surface area contributed by atoms with E-state index in [9.17, 15) is 4.79 Å². The summed E-state index contributed by atoms with van der Waals surface area (Å²) in [5, 5.41) is 1.02. The zero-order valence-electron chi connectivity index (χ0n) is 11.7. The van der Waals surface area contributed by atoms with Gasteiger partial charge in [0.25, 0.3) is 0 Å². The van der Waals surface area contributed by atoms with Gasteiger partial charge in [0.2, 0.25) is 0 Å². The number of nitrogens with one attached hydrogen (secondary N) is 1. The van der Waals surface area contributed by atoms with Crippen LogP contribution >= 0.6 is 0 Å². The molecule has 0 aliphatic heterocycles. The van der Waals surface area contributed by atoms with Crippen molar-refractivity contribution in [1.29, 1.82) is 0 Å². The lowest BCUT2D eigenvalue weighted by Gasteiger charge is -2.04. The molecule has 0 bridgehead atoms. The van der Waals surface area contributed by atoms with Crippen molar-refractivity contribution in [1.82, 2.24) is 4.98 Å². The van der Waals surface area contributed by atoms with Gasteiger partial charge in [0.1, 0.15) is 0 Å². The highest BCUT2D eigenvalue weighted by Gasteiger charge is 2.13. The number of benzene rings is 2. The number of aromatic amines is 1. The molecule has 1 N–H and O–H groups in total. The first kappa shape index (κ1) is 12.7. The van der Waals surface area contributed by atoms with Crippen molar-refractivity contribution in [2.75, 3.05) is 0 Å². The number of hydrogen-bond donors (Lipinski definition) is 1. The maximum absolute atomic E-state index is 12.5. The lowest BCUT2D eigenvalue weighted by molar-refractivity contribution is 0.0994. The number of aryl methyl sites for hydroxylation is 2. The number of carbonyl (C=O) groups is 1. The third-order valence-electron chi connectivity index (χ3n) is 3.75. The first-order chi connectivity index (χ1) is 9.65. The molecule has 2 aromatic carbocycles. The number of fused-ring (bicyclic) bond motifs is 1. The van der Waals surface area contributed by atoms with E-state index in [4.69, 9.17) is 0 Å². The van der Waals surface area contributed by atoms with Crippen molar-refractivity contribution < 1.29 is 4.79 Å². The number of hydrogen-bond acceptors (Lipinski definition) is 1. The van der Waals surface area contributed by atoms with Gasteiger partial charge in [0.05, 0.1) is 0 Å². The summed E-state index contributed by atoms with van der Waals surface area (Å²) >= 11 is 0. The average Bonchev–Trinajstić information content (AvgIpc) is 2.84. The van der Waals surface area contributed by atoms with Crippen molar-refractivity contribution in [3.63, 3.8) is 0 Å². The molecule has 3 aromatic rings. The summed E-state index contributed by atoms with van der Waals surface area (Å²) in [6.45, 7) is 4.09. The molecule has 2 nitrogen and oxygen atoms in total. The van der Waals surface area contributed by atoms with Crippen LogP contribution in [0.4, 0.5) is 0 Å². The van der Waals surface area contributed by atoms with E-state index in [0.717, 1.165) is 27.6 Å². The molecule has 0 spiro atoms. The molecule has 0 atom stereocenters. The van der Waals surface area contributed by atoms with Gasteiger partial charge in [-0.3, -0.25) is 4.79 Å². The maximum atomic E-state index is 12.5. The van der Waals surface area contributed by atoms with E-state index < -0.39 is 0 Å². The number of H-pyrrole nitrogens is 1. The van der Waals surface area contributed by atoms with Crippen LogP contribution in [0.2, 0.25) is 0 Å². The second-order valence-electron chi connectivity index (χ2n) is 5.28. The highest BCUT2D eigenvalue weighted by molar-refractivity contribution is 6.08. The lowest BCUT2D eigenvalue weighted by Crippen LogP contribution is -2.04.